The van der Waals surface area contributed by atoms with Crippen molar-refractivity contribution < 1.29 is 44.3 Å². The molecule has 4 aromatic carbocycles. The van der Waals surface area contributed by atoms with Crippen molar-refractivity contribution in [2.24, 2.45) is 0 Å². The number of phenols is 2. The van der Waals surface area contributed by atoms with E-state index in [1.165, 1.54) is 5.38 Å². The van der Waals surface area contributed by atoms with Crippen LogP contribution in [-0.2, 0) is 17.8 Å². The third-order valence-corrected chi connectivity index (χ3v) is 9.76. The molecule has 9 nitrogen and oxygen atoms in total. The van der Waals surface area contributed by atoms with Crippen LogP contribution in [0.2, 0.25) is 0 Å². The zero-order valence-corrected chi connectivity index (χ0v) is 26.3. The molecule has 0 saturated heterocycles. The van der Waals surface area contributed by atoms with E-state index in [0.29, 0.717) is 12.4 Å². The topological polar surface area (TPSA) is 151 Å². The summed E-state index contributed by atoms with van der Waals surface area (Å²) in [5.74, 6) is -2.63. The third kappa shape index (κ3) is 5.58. The van der Waals surface area contributed by atoms with Crippen LogP contribution in [0.3, 0.4) is 0 Å². The monoisotopic (exact) mass is 662 g/mol. The fourth-order valence-corrected chi connectivity index (χ4v) is 7.40. The molecule has 0 bridgehead atoms. The molecule has 1 unspecified atom stereocenters. The van der Waals surface area contributed by atoms with Gasteiger partial charge >= 0.3 is 0 Å². The van der Waals surface area contributed by atoms with E-state index in [-0.39, 0.29) is 40.0 Å². The summed E-state index contributed by atoms with van der Waals surface area (Å²) in [6.07, 6.45) is -3.22. The number of thiophene rings is 1. The lowest BCUT2D eigenvalue weighted by Gasteiger charge is -2.30. The predicted octanol–water partition coefficient (Wildman–Crippen LogP) is 5.84. The Kier molecular flexibility index (Phi) is 8.40. The highest BCUT2D eigenvalue weighted by atomic mass is 32.1. The van der Waals surface area contributed by atoms with Gasteiger partial charge in [0.1, 0.15) is 36.6 Å². The maximum Gasteiger partial charge on any atom is 0.199 e. The lowest BCUT2D eigenvalue weighted by Crippen LogP contribution is -2.28. The molecule has 242 valence electrons. The molecule has 1 aromatic heterocycles. The molecule has 7 rings (SSSR count). The number of benzene rings is 4. The normalized spacial score (nSPS) is 17.3. The largest absolute Gasteiger partial charge is 0.507 e. The van der Waals surface area contributed by atoms with Crippen molar-refractivity contribution in [1.29, 1.82) is 0 Å². The summed E-state index contributed by atoms with van der Waals surface area (Å²) in [4.78, 5) is 41.1. The van der Waals surface area contributed by atoms with Gasteiger partial charge in [0.2, 0.25) is 0 Å². The van der Waals surface area contributed by atoms with Crippen LogP contribution in [-0.4, -0.2) is 50.5 Å². The zero-order valence-electron chi connectivity index (χ0n) is 25.5. The number of ketones is 3. The highest BCUT2D eigenvalue weighted by molar-refractivity contribution is 7.13. The summed E-state index contributed by atoms with van der Waals surface area (Å²) in [6, 6.07) is 26.5. The zero-order chi connectivity index (χ0) is 33.5. The Morgan fingerprint density at radius 3 is 2.17 bits per heavy atom. The molecule has 3 atom stereocenters. The van der Waals surface area contributed by atoms with Crippen LogP contribution >= 0.6 is 11.3 Å². The fourth-order valence-electron chi connectivity index (χ4n) is 6.43. The summed E-state index contributed by atoms with van der Waals surface area (Å²) < 4.78 is 12.1. The highest BCUT2D eigenvalue weighted by Gasteiger charge is 2.43. The molecule has 5 aromatic rings. The summed E-state index contributed by atoms with van der Waals surface area (Å²) in [5.41, 5.74) is 1.40. The lowest BCUT2D eigenvalue weighted by molar-refractivity contribution is 0.0592. The summed E-state index contributed by atoms with van der Waals surface area (Å²) in [6.45, 7) is -0.0131. The average Bonchev–Trinajstić information content (AvgIpc) is 3.55. The number of fused-ring (bicyclic) bond motifs is 3. The molecule has 48 heavy (non-hydrogen) atoms. The Bertz CT molecular complexity index is 2030. The summed E-state index contributed by atoms with van der Waals surface area (Å²) in [7, 11) is 0. The predicted molar refractivity (Wildman–Crippen MR) is 176 cm³/mol. The lowest BCUT2D eigenvalue weighted by atomic mass is 9.77. The number of ether oxygens (including phenoxy) is 2. The molecule has 10 heteroatoms. The molecular formula is C38H30O9S. The van der Waals surface area contributed by atoms with E-state index in [1.807, 2.05) is 84.9 Å². The number of Topliss-reactive ketones (excluding diaryl/α,β-unsaturated/α-hetero) is 1. The molecule has 0 radical (unpaired) electrons. The van der Waals surface area contributed by atoms with Gasteiger partial charge in [-0.25, -0.2) is 0 Å². The van der Waals surface area contributed by atoms with Gasteiger partial charge < -0.3 is 29.9 Å². The maximum absolute atomic E-state index is 13.9. The molecule has 0 fully saturated rings. The fraction of sp³-hybridized carbons (Fsp3) is 0.184. The molecule has 0 spiro atoms. The van der Waals surface area contributed by atoms with Crippen molar-refractivity contribution in [2.75, 3.05) is 6.61 Å². The van der Waals surface area contributed by atoms with Gasteiger partial charge in [-0.15, -0.1) is 11.3 Å². The van der Waals surface area contributed by atoms with Crippen LogP contribution in [0, 0.1) is 0 Å². The van der Waals surface area contributed by atoms with Crippen LogP contribution < -0.4 is 4.74 Å². The smallest absolute Gasteiger partial charge is 0.199 e. The molecule has 4 N–H and O–H groups in total. The number of aliphatic hydroxyl groups is 2. The van der Waals surface area contributed by atoms with Gasteiger partial charge in [0.05, 0.1) is 33.8 Å². The Labute approximate surface area is 279 Å². The van der Waals surface area contributed by atoms with E-state index in [2.05, 4.69) is 0 Å². The molecule has 0 saturated carbocycles. The molecule has 2 aliphatic rings. The Morgan fingerprint density at radius 1 is 0.812 bits per heavy atom. The molecule has 2 aliphatic carbocycles. The van der Waals surface area contributed by atoms with Gasteiger partial charge in [-0.2, -0.15) is 0 Å². The minimum Gasteiger partial charge on any atom is -0.507 e. The van der Waals surface area contributed by atoms with Gasteiger partial charge in [0.25, 0.3) is 0 Å². The number of carbonyl (C=O) groups is 3. The second kappa shape index (κ2) is 12.8. The van der Waals surface area contributed by atoms with Crippen molar-refractivity contribution in [1.82, 2.24) is 0 Å². The van der Waals surface area contributed by atoms with Gasteiger partial charge in [-0.05, 0) is 28.8 Å². The Morgan fingerprint density at radius 2 is 1.46 bits per heavy atom. The van der Waals surface area contributed by atoms with E-state index in [9.17, 15) is 34.8 Å². The molecular weight excluding hydrogens is 632 g/mol. The SMILES string of the molecule is O=C(COC(c1ccccc1)c1ccc(OCc2ccccc2)cc1)c1scc2c1C(=O)c1c(O)c3c(c(O)c1C2=O)[C@@H](O)C[C@H](O)C3. The minimum atomic E-state index is -1.34. The van der Waals surface area contributed by atoms with Gasteiger partial charge in [0, 0.05) is 34.9 Å². The quantitative estimate of drug-likeness (QED) is 0.111. The molecule has 0 amide bonds. The number of phenolic OH excluding ortho intramolecular Hbond substituents is 2. The van der Waals surface area contributed by atoms with Crippen LogP contribution in [0.4, 0.5) is 0 Å². The molecule has 0 aliphatic heterocycles. The van der Waals surface area contributed by atoms with Crippen molar-refractivity contribution in [3.63, 3.8) is 0 Å². The number of aliphatic hydroxyl groups excluding tert-OH is 2. The number of hydrogen-bond acceptors (Lipinski definition) is 10. The Hall–Kier alpha value is -5.13. The minimum absolute atomic E-state index is 0.00396. The standard InChI is InChI=1S/C38H30O9S/c39-23-15-25-29(27(40)16-23)35(44)32-31(33(25)42)36(45)30-26(34(32)43)19-48-38(30)28(41)18-47-37(21-9-5-2-6-10-21)22-11-13-24(14-12-22)46-17-20-7-3-1-4-8-20/h1-14,19,23,27,37,39-40,42,44H,15-18H2/t23-,27+,37?/m1/s1. The van der Waals surface area contributed by atoms with E-state index < -0.39 is 64.9 Å². The summed E-state index contributed by atoms with van der Waals surface area (Å²) >= 11 is 0.905. The van der Waals surface area contributed by atoms with Gasteiger partial charge in [-0.1, -0.05) is 72.8 Å². The van der Waals surface area contributed by atoms with Gasteiger partial charge in [0.15, 0.2) is 17.3 Å². The van der Waals surface area contributed by atoms with E-state index in [0.717, 1.165) is 28.0 Å². The van der Waals surface area contributed by atoms with Crippen molar-refractivity contribution in [3.8, 4) is 17.2 Å². The second-order valence-corrected chi connectivity index (χ2v) is 12.7. The first kappa shape index (κ1) is 31.5. The third-order valence-electron chi connectivity index (χ3n) is 8.74. The molecule has 1 heterocycles. The first-order chi connectivity index (χ1) is 23.2. The maximum atomic E-state index is 13.9. The number of rotatable bonds is 9. The first-order valence-corrected chi connectivity index (χ1v) is 16.2. The van der Waals surface area contributed by atoms with E-state index in [1.54, 1.807) is 0 Å². The van der Waals surface area contributed by atoms with Crippen LogP contribution in [0.5, 0.6) is 17.2 Å². The average molecular weight is 663 g/mol. The van der Waals surface area contributed by atoms with Gasteiger partial charge in [-0.3, -0.25) is 14.4 Å². The number of carbonyl (C=O) groups excluding carboxylic acids is 3. The number of aromatic hydroxyl groups is 2. The first-order valence-electron chi connectivity index (χ1n) is 15.4. The van der Waals surface area contributed by atoms with Crippen LogP contribution in [0.1, 0.15) is 88.0 Å². The Balaban J connectivity index is 1.14. The highest BCUT2D eigenvalue weighted by Crippen LogP contribution is 2.49. The van der Waals surface area contributed by atoms with E-state index >= 15 is 0 Å². The van der Waals surface area contributed by atoms with Crippen molar-refractivity contribution in [2.45, 2.75) is 37.8 Å². The van der Waals surface area contributed by atoms with Crippen LogP contribution in [0.25, 0.3) is 0 Å². The van der Waals surface area contributed by atoms with Crippen molar-refractivity contribution >= 4 is 28.7 Å². The van der Waals surface area contributed by atoms with Crippen molar-refractivity contribution in [3.05, 3.63) is 145 Å². The van der Waals surface area contributed by atoms with E-state index in [4.69, 9.17) is 9.47 Å². The van der Waals surface area contributed by atoms with Crippen LogP contribution in [0.15, 0.2) is 90.3 Å². The summed E-state index contributed by atoms with van der Waals surface area (Å²) in [5, 5.41) is 44.3. The second-order valence-electron chi connectivity index (χ2n) is 11.8. The number of hydrogen-bond donors (Lipinski definition) is 4.